The van der Waals surface area contributed by atoms with Gasteiger partial charge in [-0.2, -0.15) is 0 Å². The van der Waals surface area contributed by atoms with Crippen molar-refractivity contribution in [3.8, 4) is 0 Å². The molecule has 7 nitrogen and oxygen atoms in total. The molecular formula is C35H41ClN4O3. The highest BCUT2D eigenvalue weighted by Crippen LogP contribution is 2.44. The number of hydrogen-bond donors (Lipinski definition) is 1. The van der Waals surface area contributed by atoms with Crippen LogP contribution in [0.1, 0.15) is 85.8 Å². The fourth-order valence-corrected chi connectivity index (χ4v) is 8.26. The van der Waals surface area contributed by atoms with Crippen LogP contribution in [0.5, 0.6) is 0 Å². The molecular weight excluding hydrogens is 560 g/mol. The maximum atomic E-state index is 13.1. The number of piperazine rings is 1. The quantitative estimate of drug-likeness (QED) is 0.449. The van der Waals surface area contributed by atoms with Gasteiger partial charge in [0.2, 0.25) is 11.8 Å². The number of halogens is 1. The molecule has 8 heteroatoms. The Hall–Kier alpha value is -3.00. The summed E-state index contributed by atoms with van der Waals surface area (Å²) in [5.41, 5.74) is 7.64. The summed E-state index contributed by atoms with van der Waals surface area (Å²) in [7, 11) is 0. The molecule has 7 rings (SSSR count). The van der Waals surface area contributed by atoms with E-state index in [9.17, 15) is 14.4 Å². The van der Waals surface area contributed by atoms with E-state index in [0.717, 1.165) is 49.6 Å². The fraction of sp³-hybridized carbons (Fsp3) is 0.514. The first-order valence-corrected chi connectivity index (χ1v) is 16.2. The van der Waals surface area contributed by atoms with Crippen molar-refractivity contribution in [2.45, 2.75) is 90.0 Å². The molecule has 3 atom stereocenters. The van der Waals surface area contributed by atoms with E-state index >= 15 is 0 Å². The van der Waals surface area contributed by atoms with Crippen molar-refractivity contribution < 1.29 is 14.4 Å². The van der Waals surface area contributed by atoms with Crippen molar-refractivity contribution in [2.24, 2.45) is 5.41 Å². The van der Waals surface area contributed by atoms with Crippen molar-refractivity contribution in [1.82, 2.24) is 20.0 Å². The Morgan fingerprint density at radius 2 is 1.67 bits per heavy atom. The molecule has 43 heavy (non-hydrogen) atoms. The number of benzene rings is 2. The highest BCUT2D eigenvalue weighted by Gasteiger charge is 2.42. The third-order valence-corrected chi connectivity index (χ3v) is 10.7. The van der Waals surface area contributed by atoms with Gasteiger partial charge in [0.1, 0.15) is 6.04 Å². The zero-order valence-electron chi connectivity index (χ0n) is 25.2. The van der Waals surface area contributed by atoms with E-state index in [1.807, 2.05) is 18.2 Å². The summed E-state index contributed by atoms with van der Waals surface area (Å²) >= 11 is 6.22. The monoisotopic (exact) mass is 600 g/mol. The lowest BCUT2D eigenvalue weighted by molar-refractivity contribution is -0.136. The Labute approximate surface area is 259 Å². The van der Waals surface area contributed by atoms with Crippen LogP contribution in [0.4, 0.5) is 0 Å². The SMILES string of the molecule is CC1(C)CCC(CN2CC3CCC(C2)N3Cc2ccc3c(c2)CN(C2CCC(=O)NC2=O)C3=O)=C(c2ccc(Cl)cc2)C1. The molecule has 2 aromatic carbocycles. The molecule has 0 saturated carbocycles. The van der Waals surface area contributed by atoms with Crippen LogP contribution in [0.3, 0.4) is 0 Å². The zero-order valence-corrected chi connectivity index (χ0v) is 26.0. The van der Waals surface area contributed by atoms with Gasteiger partial charge in [-0.15, -0.1) is 0 Å². The van der Waals surface area contributed by atoms with E-state index in [1.54, 1.807) is 10.5 Å². The van der Waals surface area contributed by atoms with Crippen molar-refractivity contribution in [2.75, 3.05) is 19.6 Å². The van der Waals surface area contributed by atoms with Crippen molar-refractivity contribution >= 4 is 34.9 Å². The van der Waals surface area contributed by atoms with Gasteiger partial charge in [0.25, 0.3) is 5.91 Å². The van der Waals surface area contributed by atoms with E-state index in [0.29, 0.717) is 36.0 Å². The number of carbonyl (C=O) groups excluding carboxylic acids is 3. The molecule has 0 radical (unpaired) electrons. The summed E-state index contributed by atoms with van der Waals surface area (Å²) in [6.45, 7) is 9.31. The van der Waals surface area contributed by atoms with Gasteiger partial charge in [-0.05, 0) is 84.4 Å². The summed E-state index contributed by atoms with van der Waals surface area (Å²) in [6.07, 6.45) is 6.61. The number of allylic oxidation sites excluding steroid dienone is 1. The van der Waals surface area contributed by atoms with Gasteiger partial charge in [0.15, 0.2) is 0 Å². The second kappa shape index (κ2) is 11.2. The molecule has 3 fully saturated rings. The highest BCUT2D eigenvalue weighted by molar-refractivity contribution is 6.30. The Balaban J connectivity index is 1.03. The summed E-state index contributed by atoms with van der Waals surface area (Å²) in [6, 6.07) is 15.1. The first-order valence-electron chi connectivity index (χ1n) is 15.8. The average Bonchev–Trinajstić information content (AvgIpc) is 3.40. The Morgan fingerprint density at radius 1 is 0.930 bits per heavy atom. The molecule has 0 spiro atoms. The lowest BCUT2D eigenvalue weighted by atomic mass is 9.72. The second-order valence-corrected chi connectivity index (χ2v) is 14.5. The van der Waals surface area contributed by atoms with E-state index in [2.05, 4.69) is 53.2 Å². The maximum absolute atomic E-state index is 13.1. The van der Waals surface area contributed by atoms with Crippen LogP contribution < -0.4 is 5.32 Å². The molecule has 5 aliphatic rings. The van der Waals surface area contributed by atoms with Crippen LogP contribution in [0.25, 0.3) is 5.57 Å². The molecule has 2 bridgehead atoms. The molecule has 3 saturated heterocycles. The van der Waals surface area contributed by atoms with Crippen LogP contribution in [-0.2, 0) is 22.7 Å². The third-order valence-electron chi connectivity index (χ3n) is 10.5. The molecule has 1 N–H and O–H groups in total. The number of amides is 3. The molecule has 0 aromatic heterocycles. The van der Waals surface area contributed by atoms with Gasteiger partial charge >= 0.3 is 0 Å². The number of nitrogens with one attached hydrogen (secondary N) is 1. The molecule has 3 unspecified atom stereocenters. The first-order chi connectivity index (χ1) is 20.6. The first kappa shape index (κ1) is 28.8. The van der Waals surface area contributed by atoms with Gasteiger partial charge in [-0.25, -0.2) is 0 Å². The molecule has 226 valence electrons. The van der Waals surface area contributed by atoms with Crippen molar-refractivity contribution in [1.29, 1.82) is 0 Å². The van der Waals surface area contributed by atoms with Gasteiger partial charge in [-0.1, -0.05) is 55.3 Å². The van der Waals surface area contributed by atoms with Gasteiger partial charge in [0, 0.05) is 61.8 Å². The lowest BCUT2D eigenvalue weighted by Crippen LogP contribution is -2.53. The average molecular weight is 601 g/mol. The number of imide groups is 1. The van der Waals surface area contributed by atoms with Gasteiger partial charge in [-0.3, -0.25) is 29.5 Å². The minimum Gasteiger partial charge on any atom is -0.322 e. The summed E-state index contributed by atoms with van der Waals surface area (Å²) in [4.78, 5) is 44.2. The van der Waals surface area contributed by atoms with Crippen LogP contribution in [-0.4, -0.2) is 70.2 Å². The topological polar surface area (TPSA) is 73.0 Å². The predicted octanol–water partition coefficient (Wildman–Crippen LogP) is 5.41. The number of nitrogens with zero attached hydrogens (tertiary/aromatic N) is 3. The molecule has 4 aliphatic heterocycles. The second-order valence-electron chi connectivity index (χ2n) is 14.1. The van der Waals surface area contributed by atoms with Crippen LogP contribution >= 0.6 is 11.6 Å². The summed E-state index contributed by atoms with van der Waals surface area (Å²) in [5, 5.41) is 3.18. The molecule has 3 amide bonds. The number of likely N-dealkylation sites (tertiary alicyclic amines) is 1. The Morgan fingerprint density at radius 3 is 2.40 bits per heavy atom. The van der Waals surface area contributed by atoms with Crippen LogP contribution in [0.2, 0.25) is 5.02 Å². The molecule has 2 aromatic rings. The highest BCUT2D eigenvalue weighted by atomic mass is 35.5. The van der Waals surface area contributed by atoms with Gasteiger partial charge < -0.3 is 4.90 Å². The number of fused-ring (bicyclic) bond motifs is 3. The summed E-state index contributed by atoms with van der Waals surface area (Å²) < 4.78 is 0. The van der Waals surface area contributed by atoms with Gasteiger partial charge in [0.05, 0.1) is 0 Å². The number of carbonyl (C=O) groups is 3. The number of hydrogen-bond acceptors (Lipinski definition) is 5. The van der Waals surface area contributed by atoms with Crippen molar-refractivity contribution in [3.05, 3.63) is 75.3 Å². The van der Waals surface area contributed by atoms with E-state index in [-0.39, 0.29) is 24.1 Å². The summed E-state index contributed by atoms with van der Waals surface area (Å²) in [5.74, 6) is -0.730. The van der Waals surface area contributed by atoms with Crippen LogP contribution in [0.15, 0.2) is 48.0 Å². The standard InChI is InChI=1S/C35H41ClN4O3/c1-35(2)14-13-24(30(16-35)23-4-6-26(36)7-5-23)18-38-20-27-8-9-28(21-38)39(27)17-22-3-10-29-25(15-22)19-40(34(29)43)31-11-12-32(41)37-33(31)42/h3-7,10,15,27-28,31H,8-9,11-14,16-21H2,1-2H3,(H,37,41,42). The van der Waals surface area contributed by atoms with Crippen LogP contribution in [0, 0.1) is 5.41 Å². The minimum atomic E-state index is -0.574. The molecule has 4 heterocycles. The Kier molecular flexibility index (Phi) is 7.47. The number of rotatable bonds is 6. The smallest absolute Gasteiger partial charge is 0.255 e. The van der Waals surface area contributed by atoms with E-state index < -0.39 is 6.04 Å². The lowest BCUT2D eigenvalue weighted by Gasteiger charge is -2.43. The number of piperidine rings is 1. The Bertz CT molecular complexity index is 1480. The zero-order chi connectivity index (χ0) is 29.9. The molecule has 1 aliphatic carbocycles. The van der Waals surface area contributed by atoms with E-state index in [1.165, 1.54) is 36.0 Å². The van der Waals surface area contributed by atoms with E-state index in [4.69, 9.17) is 11.6 Å². The predicted molar refractivity (Wildman–Crippen MR) is 167 cm³/mol. The van der Waals surface area contributed by atoms with Crippen molar-refractivity contribution in [3.63, 3.8) is 0 Å². The maximum Gasteiger partial charge on any atom is 0.255 e. The third kappa shape index (κ3) is 5.67. The minimum absolute atomic E-state index is 0.108. The fourth-order valence-electron chi connectivity index (χ4n) is 8.14. The normalized spacial score (nSPS) is 27.6. The largest absolute Gasteiger partial charge is 0.322 e.